The molecule has 98 valence electrons. The third-order valence-corrected chi connectivity index (χ3v) is 2.15. The summed E-state index contributed by atoms with van der Waals surface area (Å²) in [6, 6.07) is 3.52. The lowest BCUT2D eigenvalue weighted by atomic mass is 10.2. The van der Waals surface area contributed by atoms with Crippen molar-refractivity contribution in [3.63, 3.8) is 0 Å². The molecule has 0 aromatic heterocycles. The van der Waals surface area contributed by atoms with Crippen LogP contribution in [0.5, 0.6) is 5.75 Å². The molecule has 1 amide bonds. The van der Waals surface area contributed by atoms with E-state index in [1.54, 1.807) is 0 Å². The second-order valence-electron chi connectivity index (χ2n) is 3.30. The minimum atomic E-state index is -4.76. The second kappa shape index (κ2) is 5.77. The van der Waals surface area contributed by atoms with Crippen LogP contribution in [0.2, 0.25) is 5.02 Å². The molecule has 3 nitrogen and oxygen atoms in total. The highest BCUT2D eigenvalue weighted by molar-refractivity contribution is 6.32. The molecule has 0 radical (unpaired) electrons. The largest absolute Gasteiger partial charge is 0.573 e. The van der Waals surface area contributed by atoms with Crippen molar-refractivity contribution in [2.75, 3.05) is 0 Å². The summed E-state index contributed by atoms with van der Waals surface area (Å²) in [6.07, 6.45) is -1.78. The number of carbonyl (C=O) groups is 1. The van der Waals surface area contributed by atoms with Gasteiger partial charge in [0, 0.05) is 6.42 Å². The topological polar surface area (TPSA) is 52.3 Å². The summed E-state index contributed by atoms with van der Waals surface area (Å²) in [6.45, 7) is 0. The number of hydrogen-bond acceptors (Lipinski definition) is 2. The molecule has 0 aliphatic heterocycles. The average Bonchev–Trinajstić information content (AvgIpc) is 2.18. The Morgan fingerprint density at radius 3 is 2.61 bits per heavy atom. The molecule has 0 saturated carbocycles. The molecular formula is C11H9ClF3NO2. The number of ether oxygens (including phenoxy) is 1. The third-order valence-electron chi connectivity index (χ3n) is 1.82. The van der Waals surface area contributed by atoms with Crippen LogP contribution in [-0.2, 0) is 4.79 Å². The molecule has 0 aliphatic carbocycles. The first-order chi connectivity index (χ1) is 8.28. The number of benzene rings is 1. The smallest absolute Gasteiger partial charge is 0.406 e. The van der Waals surface area contributed by atoms with Crippen LogP contribution in [0.1, 0.15) is 12.0 Å². The molecule has 0 heterocycles. The maximum Gasteiger partial charge on any atom is 0.573 e. The summed E-state index contributed by atoms with van der Waals surface area (Å²) in [7, 11) is 0. The number of alkyl halides is 3. The zero-order chi connectivity index (χ0) is 13.8. The molecule has 1 rings (SSSR count). The van der Waals surface area contributed by atoms with E-state index < -0.39 is 18.0 Å². The molecule has 0 saturated heterocycles. The van der Waals surface area contributed by atoms with E-state index in [4.69, 9.17) is 17.3 Å². The van der Waals surface area contributed by atoms with Crippen LogP contribution < -0.4 is 10.5 Å². The van der Waals surface area contributed by atoms with Crippen molar-refractivity contribution in [1.82, 2.24) is 0 Å². The van der Waals surface area contributed by atoms with Crippen LogP contribution in [0.25, 0.3) is 6.08 Å². The quantitative estimate of drug-likeness (QED) is 0.920. The molecule has 0 atom stereocenters. The highest BCUT2D eigenvalue weighted by Gasteiger charge is 2.31. The molecule has 0 spiro atoms. The highest BCUT2D eigenvalue weighted by Crippen LogP contribution is 2.28. The van der Waals surface area contributed by atoms with Gasteiger partial charge in [0.2, 0.25) is 5.91 Å². The van der Waals surface area contributed by atoms with Gasteiger partial charge in [0.25, 0.3) is 0 Å². The summed E-state index contributed by atoms with van der Waals surface area (Å²) in [5.74, 6) is -0.918. The van der Waals surface area contributed by atoms with Crippen LogP contribution in [0.3, 0.4) is 0 Å². The minimum absolute atomic E-state index is 0.0249. The molecular weight excluding hydrogens is 271 g/mol. The van der Waals surface area contributed by atoms with Gasteiger partial charge in [-0.05, 0) is 23.8 Å². The molecule has 0 fully saturated rings. The number of carbonyl (C=O) groups excluding carboxylic acids is 1. The van der Waals surface area contributed by atoms with Gasteiger partial charge in [-0.15, -0.1) is 13.2 Å². The Bertz CT molecular complexity index is 472. The fourth-order valence-electron chi connectivity index (χ4n) is 1.14. The van der Waals surface area contributed by atoms with Crippen molar-refractivity contribution >= 4 is 23.6 Å². The molecule has 1 aromatic carbocycles. The molecule has 1 aromatic rings. The van der Waals surface area contributed by atoms with Gasteiger partial charge in [0.1, 0.15) is 5.75 Å². The number of halogens is 4. The van der Waals surface area contributed by atoms with Gasteiger partial charge in [-0.1, -0.05) is 23.8 Å². The Morgan fingerprint density at radius 2 is 2.11 bits per heavy atom. The Labute approximate surface area is 106 Å². The fourth-order valence-corrected chi connectivity index (χ4v) is 1.38. The first-order valence-electron chi connectivity index (χ1n) is 4.78. The van der Waals surface area contributed by atoms with Crippen molar-refractivity contribution in [1.29, 1.82) is 0 Å². The van der Waals surface area contributed by atoms with Gasteiger partial charge in [-0.3, -0.25) is 4.79 Å². The number of nitrogens with two attached hydrogens (primary N) is 1. The summed E-state index contributed by atoms with van der Waals surface area (Å²) in [4.78, 5) is 10.5. The standard InChI is InChI=1S/C11H9ClF3NO2/c12-9-6-8(18-11(13,14)15)5-4-7(9)2-1-3-10(16)17/h1-2,4-6H,3H2,(H2,16,17). The van der Waals surface area contributed by atoms with Crippen molar-refractivity contribution < 1.29 is 22.7 Å². The van der Waals surface area contributed by atoms with E-state index in [1.807, 2.05) is 0 Å². The van der Waals surface area contributed by atoms with Gasteiger partial charge >= 0.3 is 6.36 Å². The van der Waals surface area contributed by atoms with Crippen LogP contribution in [0, 0.1) is 0 Å². The monoisotopic (exact) mass is 279 g/mol. The molecule has 0 aliphatic rings. The predicted octanol–water partition coefficient (Wildman–Crippen LogP) is 3.13. The van der Waals surface area contributed by atoms with Gasteiger partial charge in [0.15, 0.2) is 0 Å². The molecule has 7 heteroatoms. The summed E-state index contributed by atoms with van der Waals surface area (Å²) in [5.41, 5.74) is 5.39. The second-order valence-corrected chi connectivity index (χ2v) is 3.71. The van der Waals surface area contributed by atoms with Crippen LogP contribution in [0.4, 0.5) is 13.2 Å². The third kappa shape index (κ3) is 5.09. The van der Waals surface area contributed by atoms with E-state index in [0.717, 1.165) is 12.1 Å². The Morgan fingerprint density at radius 1 is 1.44 bits per heavy atom. The lowest BCUT2D eigenvalue weighted by Gasteiger charge is -2.09. The van der Waals surface area contributed by atoms with Crippen molar-refractivity contribution in [2.45, 2.75) is 12.8 Å². The van der Waals surface area contributed by atoms with Crippen molar-refractivity contribution in [3.05, 3.63) is 34.9 Å². The lowest BCUT2D eigenvalue weighted by molar-refractivity contribution is -0.274. The van der Waals surface area contributed by atoms with E-state index in [0.29, 0.717) is 5.56 Å². The number of hydrogen-bond donors (Lipinski definition) is 1. The minimum Gasteiger partial charge on any atom is -0.406 e. The highest BCUT2D eigenvalue weighted by atomic mass is 35.5. The van der Waals surface area contributed by atoms with E-state index in [-0.39, 0.29) is 11.4 Å². The SMILES string of the molecule is NC(=O)CC=Cc1ccc(OC(F)(F)F)cc1Cl. The molecule has 0 bridgehead atoms. The number of amides is 1. The van der Waals surface area contributed by atoms with Gasteiger partial charge in [-0.2, -0.15) is 0 Å². The Kier molecular flexibility index (Phi) is 4.61. The van der Waals surface area contributed by atoms with Crippen LogP contribution in [-0.4, -0.2) is 12.3 Å². The molecule has 2 N–H and O–H groups in total. The Hall–Kier alpha value is -1.69. The van der Waals surface area contributed by atoms with Crippen LogP contribution in [0.15, 0.2) is 24.3 Å². The first kappa shape index (κ1) is 14.4. The molecule has 0 unspecified atom stereocenters. The zero-order valence-corrected chi connectivity index (χ0v) is 9.76. The zero-order valence-electron chi connectivity index (χ0n) is 9.00. The van der Waals surface area contributed by atoms with Crippen molar-refractivity contribution in [3.8, 4) is 5.75 Å². The first-order valence-corrected chi connectivity index (χ1v) is 5.16. The number of rotatable bonds is 4. The predicted molar refractivity (Wildman–Crippen MR) is 61.0 cm³/mol. The van der Waals surface area contributed by atoms with Crippen LogP contribution >= 0.6 is 11.6 Å². The average molecular weight is 280 g/mol. The van der Waals surface area contributed by atoms with E-state index in [2.05, 4.69) is 4.74 Å². The maximum absolute atomic E-state index is 11.9. The van der Waals surface area contributed by atoms with Gasteiger partial charge in [0.05, 0.1) is 5.02 Å². The van der Waals surface area contributed by atoms with Gasteiger partial charge < -0.3 is 10.5 Å². The van der Waals surface area contributed by atoms with E-state index in [9.17, 15) is 18.0 Å². The summed E-state index contributed by atoms with van der Waals surface area (Å²) >= 11 is 5.76. The van der Waals surface area contributed by atoms with Crippen molar-refractivity contribution in [2.24, 2.45) is 5.73 Å². The fraction of sp³-hybridized carbons (Fsp3) is 0.182. The number of primary amides is 1. The lowest BCUT2D eigenvalue weighted by Crippen LogP contribution is -2.17. The van der Waals surface area contributed by atoms with E-state index >= 15 is 0 Å². The van der Waals surface area contributed by atoms with Gasteiger partial charge in [-0.25, -0.2) is 0 Å². The maximum atomic E-state index is 11.9. The van der Waals surface area contributed by atoms with E-state index in [1.165, 1.54) is 18.2 Å². The normalized spacial score (nSPS) is 11.8. The Balaban J connectivity index is 2.80. The summed E-state index contributed by atoms with van der Waals surface area (Å²) in [5, 5.41) is 0.0810. The molecule has 18 heavy (non-hydrogen) atoms. The summed E-state index contributed by atoms with van der Waals surface area (Å²) < 4.78 is 39.5.